The normalized spacial score (nSPS) is 10.6. The number of aromatic nitrogens is 3. The smallest absolute Gasteiger partial charge is 0.228 e. The van der Waals surface area contributed by atoms with E-state index in [2.05, 4.69) is 34.1 Å². The van der Waals surface area contributed by atoms with Crippen LogP contribution in [0.1, 0.15) is 20.8 Å². The van der Waals surface area contributed by atoms with Gasteiger partial charge in [0.25, 0.3) is 0 Å². The average Bonchev–Trinajstić information content (AvgIpc) is 2.01. The van der Waals surface area contributed by atoms with Gasteiger partial charge in [0.1, 0.15) is 0 Å². The molecule has 6 heteroatoms. The molecule has 0 aliphatic heterocycles. The van der Waals surface area contributed by atoms with Crippen molar-refractivity contribution in [2.45, 2.75) is 31.2 Å². The number of hydrogen-bond donors (Lipinski definition) is 1. The summed E-state index contributed by atoms with van der Waals surface area (Å²) in [5.41, 5.74) is 0. The molecule has 1 rings (SSSR count). The van der Waals surface area contributed by atoms with Gasteiger partial charge in [0.15, 0.2) is 5.16 Å². The van der Waals surface area contributed by atoms with Gasteiger partial charge in [0.2, 0.25) is 11.2 Å². The van der Waals surface area contributed by atoms with E-state index in [1.807, 2.05) is 6.92 Å². The van der Waals surface area contributed by atoms with E-state index in [1.54, 1.807) is 11.8 Å². The van der Waals surface area contributed by atoms with Gasteiger partial charge in [0.05, 0.1) is 0 Å². The maximum absolute atomic E-state index is 5.75. The second-order valence-electron chi connectivity index (χ2n) is 2.91. The lowest BCUT2D eigenvalue weighted by Gasteiger charge is -2.05. The molecule has 0 aromatic carbocycles. The van der Waals surface area contributed by atoms with Gasteiger partial charge in [-0.05, 0) is 18.5 Å². The molecule has 1 heterocycles. The first-order valence-electron chi connectivity index (χ1n) is 4.44. The third kappa shape index (κ3) is 3.67. The van der Waals surface area contributed by atoms with Gasteiger partial charge < -0.3 is 5.32 Å². The lowest BCUT2D eigenvalue weighted by atomic mass is 10.6. The molecule has 78 valence electrons. The van der Waals surface area contributed by atoms with Gasteiger partial charge in [-0.1, -0.05) is 25.6 Å². The Labute approximate surface area is 92.9 Å². The van der Waals surface area contributed by atoms with E-state index in [1.165, 1.54) is 0 Å². The maximum Gasteiger partial charge on any atom is 0.228 e. The van der Waals surface area contributed by atoms with Crippen molar-refractivity contribution in [2.24, 2.45) is 0 Å². The highest BCUT2D eigenvalue weighted by Crippen LogP contribution is 2.20. The van der Waals surface area contributed by atoms with Crippen LogP contribution in [-0.2, 0) is 0 Å². The molecule has 1 aromatic rings. The van der Waals surface area contributed by atoms with Crippen molar-refractivity contribution in [3.63, 3.8) is 0 Å². The van der Waals surface area contributed by atoms with Gasteiger partial charge in [0, 0.05) is 11.8 Å². The summed E-state index contributed by atoms with van der Waals surface area (Å²) in [6, 6.07) is 0. The fourth-order valence-corrected chi connectivity index (χ4v) is 1.74. The molecule has 4 nitrogen and oxygen atoms in total. The molecule has 0 fully saturated rings. The van der Waals surface area contributed by atoms with E-state index < -0.39 is 0 Å². The molecule has 0 saturated carbocycles. The Morgan fingerprint density at radius 1 is 1.36 bits per heavy atom. The van der Waals surface area contributed by atoms with Crippen LogP contribution < -0.4 is 5.32 Å². The van der Waals surface area contributed by atoms with Crippen LogP contribution in [0.2, 0.25) is 5.28 Å². The Morgan fingerprint density at radius 3 is 2.64 bits per heavy atom. The van der Waals surface area contributed by atoms with Crippen molar-refractivity contribution in [3.8, 4) is 0 Å². The van der Waals surface area contributed by atoms with Crippen LogP contribution in [0.4, 0.5) is 5.95 Å². The largest absolute Gasteiger partial charge is 0.354 e. The molecule has 1 aromatic heterocycles. The van der Waals surface area contributed by atoms with Crippen LogP contribution >= 0.6 is 23.4 Å². The SMILES string of the molecule is CCNc1nc(Cl)nc(SC(C)C)n1. The third-order valence-electron chi connectivity index (χ3n) is 1.26. The first kappa shape index (κ1) is 11.5. The minimum Gasteiger partial charge on any atom is -0.354 e. The van der Waals surface area contributed by atoms with Crippen LogP contribution in [0.15, 0.2) is 5.16 Å². The van der Waals surface area contributed by atoms with E-state index in [0.29, 0.717) is 16.4 Å². The summed E-state index contributed by atoms with van der Waals surface area (Å²) in [5, 5.41) is 4.33. The average molecular weight is 233 g/mol. The standard InChI is InChI=1S/C8H13ClN4S/c1-4-10-7-11-6(9)12-8(13-7)14-5(2)3/h5H,4H2,1-3H3,(H,10,11,12,13). The number of hydrogen-bond acceptors (Lipinski definition) is 5. The highest BCUT2D eigenvalue weighted by Gasteiger charge is 2.06. The molecule has 0 aliphatic rings. The van der Waals surface area contributed by atoms with Crippen LogP contribution in [0.3, 0.4) is 0 Å². The summed E-state index contributed by atoms with van der Waals surface area (Å²) in [7, 11) is 0. The first-order chi connectivity index (χ1) is 6.61. The molecular formula is C8H13ClN4S. The summed E-state index contributed by atoms with van der Waals surface area (Å²) < 4.78 is 0. The predicted octanol–water partition coefficient (Wildman–Crippen LogP) is 2.46. The van der Waals surface area contributed by atoms with Crippen molar-refractivity contribution in [2.75, 3.05) is 11.9 Å². The van der Waals surface area contributed by atoms with Gasteiger partial charge in [-0.15, -0.1) is 0 Å². The van der Waals surface area contributed by atoms with Crippen LogP contribution in [0, 0.1) is 0 Å². The van der Waals surface area contributed by atoms with Gasteiger partial charge in [-0.2, -0.15) is 15.0 Å². The van der Waals surface area contributed by atoms with Crippen molar-refractivity contribution >= 4 is 29.3 Å². The third-order valence-corrected chi connectivity index (χ3v) is 2.30. The minimum absolute atomic E-state index is 0.235. The van der Waals surface area contributed by atoms with E-state index in [-0.39, 0.29) is 5.28 Å². The highest BCUT2D eigenvalue weighted by atomic mass is 35.5. The topological polar surface area (TPSA) is 50.7 Å². The van der Waals surface area contributed by atoms with Crippen molar-refractivity contribution in [1.29, 1.82) is 0 Å². The molecule has 0 radical (unpaired) electrons. The molecule has 0 bridgehead atoms. The number of halogens is 1. The fraction of sp³-hybridized carbons (Fsp3) is 0.625. The number of nitrogens with one attached hydrogen (secondary N) is 1. The molecule has 0 aliphatic carbocycles. The lowest BCUT2D eigenvalue weighted by Crippen LogP contribution is -2.05. The summed E-state index contributed by atoms with van der Waals surface area (Å²) in [6.45, 7) is 6.91. The molecule has 0 saturated heterocycles. The molecule has 14 heavy (non-hydrogen) atoms. The quantitative estimate of drug-likeness (QED) is 0.809. The number of rotatable bonds is 4. The van der Waals surface area contributed by atoms with Gasteiger partial charge >= 0.3 is 0 Å². The zero-order valence-electron chi connectivity index (χ0n) is 8.41. The fourth-order valence-electron chi connectivity index (χ4n) is 0.833. The van der Waals surface area contributed by atoms with E-state index in [0.717, 1.165) is 6.54 Å². The summed E-state index contributed by atoms with van der Waals surface area (Å²) >= 11 is 7.32. The van der Waals surface area contributed by atoms with Crippen molar-refractivity contribution in [3.05, 3.63) is 5.28 Å². The van der Waals surface area contributed by atoms with Crippen LogP contribution in [-0.4, -0.2) is 26.7 Å². The molecule has 0 amide bonds. The maximum atomic E-state index is 5.75. The zero-order chi connectivity index (χ0) is 10.6. The Hall–Kier alpha value is -0.550. The highest BCUT2D eigenvalue weighted by molar-refractivity contribution is 7.99. The Bertz CT molecular complexity index is 305. The lowest BCUT2D eigenvalue weighted by molar-refractivity contribution is 0.892. The Balaban J connectivity index is 2.83. The number of nitrogens with zero attached hydrogens (tertiary/aromatic N) is 3. The molecular weight excluding hydrogens is 220 g/mol. The monoisotopic (exact) mass is 232 g/mol. The first-order valence-corrected chi connectivity index (χ1v) is 5.69. The predicted molar refractivity (Wildman–Crippen MR) is 60.0 cm³/mol. The molecule has 1 N–H and O–H groups in total. The van der Waals surface area contributed by atoms with Crippen LogP contribution in [0.5, 0.6) is 0 Å². The second kappa shape index (κ2) is 5.36. The van der Waals surface area contributed by atoms with Gasteiger partial charge in [-0.3, -0.25) is 0 Å². The van der Waals surface area contributed by atoms with E-state index in [4.69, 9.17) is 11.6 Å². The minimum atomic E-state index is 0.235. The number of thioether (sulfide) groups is 1. The van der Waals surface area contributed by atoms with Crippen LogP contribution in [0.25, 0.3) is 0 Å². The molecule has 0 unspecified atom stereocenters. The Kier molecular flexibility index (Phi) is 4.41. The zero-order valence-corrected chi connectivity index (χ0v) is 9.98. The van der Waals surface area contributed by atoms with E-state index in [9.17, 15) is 0 Å². The van der Waals surface area contributed by atoms with Crippen molar-refractivity contribution < 1.29 is 0 Å². The summed E-state index contributed by atoms with van der Waals surface area (Å²) in [6.07, 6.45) is 0. The number of anilines is 1. The molecule has 0 atom stereocenters. The second-order valence-corrected chi connectivity index (χ2v) is 4.79. The van der Waals surface area contributed by atoms with E-state index >= 15 is 0 Å². The summed E-state index contributed by atoms with van der Waals surface area (Å²) in [4.78, 5) is 12.2. The molecule has 0 spiro atoms. The Morgan fingerprint density at radius 2 is 2.07 bits per heavy atom. The van der Waals surface area contributed by atoms with Gasteiger partial charge in [-0.25, -0.2) is 0 Å². The summed E-state index contributed by atoms with van der Waals surface area (Å²) in [5.74, 6) is 0.538. The van der Waals surface area contributed by atoms with Crippen molar-refractivity contribution in [1.82, 2.24) is 15.0 Å².